The number of hydrogen-bond donors (Lipinski definition) is 3. The number of amides is 1. The largest absolute Gasteiger partial charge is 0.494 e. The van der Waals surface area contributed by atoms with Crippen molar-refractivity contribution in [3.63, 3.8) is 0 Å². The zero-order chi connectivity index (χ0) is 28.6. The summed E-state index contributed by atoms with van der Waals surface area (Å²) in [6.07, 6.45) is 2.80. The van der Waals surface area contributed by atoms with E-state index in [4.69, 9.17) is 16.3 Å². The van der Waals surface area contributed by atoms with Crippen LogP contribution in [0.25, 0.3) is 0 Å². The fraction of sp³-hybridized carbons (Fsp3) is 0.345. The molecule has 0 unspecified atom stereocenters. The van der Waals surface area contributed by atoms with Gasteiger partial charge in [0.1, 0.15) is 10.8 Å². The Bertz CT molecular complexity index is 1350. The van der Waals surface area contributed by atoms with Gasteiger partial charge in [0.15, 0.2) is 5.82 Å². The molecule has 0 aliphatic carbocycles. The van der Waals surface area contributed by atoms with Gasteiger partial charge in [-0.1, -0.05) is 51.1 Å². The summed E-state index contributed by atoms with van der Waals surface area (Å²) in [7, 11) is 1.61. The number of methoxy groups -OCH3 is 1. The molecule has 2 aromatic carbocycles. The predicted octanol–water partition coefficient (Wildman–Crippen LogP) is 6.39. The molecule has 3 N–H and O–H groups in total. The third-order valence-electron chi connectivity index (χ3n) is 6.41. The number of benzene rings is 2. The number of aromatic nitrogens is 2. The van der Waals surface area contributed by atoms with Crippen LogP contribution in [0, 0.1) is 0 Å². The molecule has 1 aromatic heterocycles. The zero-order valence-corrected chi connectivity index (χ0v) is 24.9. The van der Waals surface area contributed by atoms with Gasteiger partial charge in [-0.3, -0.25) is 4.79 Å². The van der Waals surface area contributed by atoms with Gasteiger partial charge in [0.2, 0.25) is 11.9 Å². The number of rotatable bonds is 11. The summed E-state index contributed by atoms with van der Waals surface area (Å²) in [6, 6.07) is 11.8. The number of nitrogens with one attached hydrogen (secondary N) is 3. The molecule has 0 radical (unpaired) electrons. The van der Waals surface area contributed by atoms with Crippen molar-refractivity contribution < 1.29 is 9.53 Å². The van der Waals surface area contributed by atoms with Crippen molar-refractivity contribution in [2.75, 3.05) is 60.7 Å². The van der Waals surface area contributed by atoms with Gasteiger partial charge in [0.25, 0.3) is 0 Å². The van der Waals surface area contributed by atoms with Crippen molar-refractivity contribution in [2.45, 2.75) is 30.9 Å². The Hall–Kier alpha value is -3.47. The van der Waals surface area contributed by atoms with E-state index in [1.54, 1.807) is 25.1 Å². The summed E-state index contributed by atoms with van der Waals surface area (Å²) in [6.45, 7) is 14.7. The lowest BCUT2D eigenvalue weighted by Gasteiger charge is -2.36. The van der Waals surface area contributed by atoms with Crippen molar-refractivity contribution in [3.8, 4) is 5.75 Å². The molecule has 1 saturated heterocycles. The second-order valence-electron chi connectivity index (χ2n) is 9.49. The quantitative estimate of drug-likeness (QED) is 0.176. The fourth-order valence-corrected chi connectivity index (χ4v) is 5.43. The average molecular weight is 582 g/mol. The number of hydrogen-bond acceptors (Lipinski definition) is 9. The van der Waals surface area contributed by atoms with Crippen LogP contribution in [-0.2, 0) is 4.79 Å². The summed E-state index contributed by atoms with van der Waals surface area (Å²) >= 11 is 8.23. The maximum absolute atomic E-state index is 12.3. The highest BCUT2D eigenvalue weighted by molar-refractivity contribution is 8.00. The molecular formula is C29H36ClN7O2S. The van der Waals surface area contributed by atoms with E-state index in [-0.39, 0.29) is 5.91 Å². The Kier molecular flexibility index (Phi) is 10.1. The molecule has 9 nitrogen and oxygen atoms in total. The van der Waals surface area contributed by atoms with Crippen LogP contribution in [0.4, 0.5) is 34.5 Å². The maximum atomic E-state index is 12.3. The molecule has 2 heterocycles. The number of ether oxygens (including phenoxy) is 1. The molecule has 11 heteroatoms. The zero-order valence-electron chi connectivity index (χ0n) is 23.3. The minimum atomic E-state index is -0.295. The fourth-order valence-electron chi connectivity index (χ4n) is 4.38. The molecular weight excluding hydrogens is 546 g/mol. The van der Waals surface area contributed by atoms with E-state index < -0.39 is 0 Å². The number of thioether (sulfide) groups is 1. The van der Waals surface area contributed by atoms with Gasteiger partial charge in [-0.05, 0) is 30.8 Å². The van der Waals surface area contributed by atoms with Crippen LogP contribution in [-0.4, -0.2) is 65.9 Å². The number of carbonyl (C=O) groups is 1. The first-order chi connectivity index (χ1) is 19.3. The van der Waals surface area contributed by atoms with E-state index in [1.807, 2.05) is 30.3 Å². The van der Waals surface area contributed by atoms with Gasteiger partial charge in [-0.2, -0.15) is 4.98 Å². The number of halogens is 1. The third kappa shape index (κ3) is 7.38. The standard InChI is InChI=1S/C29H36ClN7O2S/c1-6-27(38)32-22-16-23(25(39-5)17-24(22)37-14-12-36(7-2)13-15-37)34-29-31-18-20(30)28(35-29)33-21-10-8-9-11-26(21)40-19(3)4/h6,8-11,16-19H,1,7,12-15H2,2-5H3,(H,32,38)(H2,31,33,34,35). The van der Waals surface area contributed by atoms with E-state index >= 15 is 0 Å². The Morgan fingerprint density at radius 3 is 2.58 bits per heavy atom. The molecule has 4 rings (SSSR count). The lowest BCUT2D eigenvalue weighted by atomic mass is 10.1. The van der Waals surface area contributed by atoms with Gasteiger partial charge in [0, 0.05) is 42.4 Å². The maximum Gasteiger partial charge on any atom is 0.247 e. The van der Waals surface area contributed by atoms with Crippen LogP contribution in [0.2, 0.25) is 5.02 Å². The van der Waals surface area contributed by atoms with Crippen molar-refractivity contribution in [2.24, 2.45) is 0 Å². The van der Waals surface area contributed by atoms with Crippen LogP contribution < -0.4 is 25.6 Å². The number of nitrogens with zero attached hydrogens (tertiary/aromatic N) is 4. The second-order valence-corrected chi connectivity index (χ2v) is 11.5. The normalized spacial score (nSPS) is 13.7. The number of para-hydroxylation sites is 1. The van der Waals surface area contributed by atoms with E-state index in [1.165, 1.54) is 6.08 Å². The van der Waals surface area contributed by atoms with E-state index in [0.717, 1.165) is 49.0 Å². The van der Waals surface area contributed by atoms with Gasteiger partial charge < -0.3 is 30.5 Å². The van der Waals surface area contributed by atoms with Crippen molar-refractivity contribution in [1.82, 2.24) is 14.9 Å². The monoisotopic (exact) mass is 581 g/mol. The summed E-state index contributed by atoms with van der Waals surface area (Å²) in [5.74, 6) is 1.10. The smallest absolute Gasteiger partial charge is 0.247 e. The SMILES string of the molecule is C=CC(=O)Nc1cc(Nc2ncc(Cl)c(Nc3ccccc3SC(C)C)n2)c(OC)cc1N1CCN(CC)CC1. The van der Waals surface area contributed by atoms with Crippen LogP contribution in [0.1, 0.15) is 20.8 Å². The summed E-state index contributed by atoms with van der Waals surface area (Å²) < 4.78 is 5.75. The van der Waals surface area contributed by atoms with Crippen LogP contribution in [0.15, 0.2) is 60.1 Å². The number of likely N-dealkylation sites (N-methyl/N-ethyl adjacent to an activating group) is 1. The number of carbonyl (C=O) groups excluding carboxylic acids is 1. The lowest BCUT2D eigenvalue weighted by molar-refractivity contribution is -0.111. The van der Waals surface area contributed by atoms with Crippen LogP contribution in [0.3, 0.4) is 0 Å². The number of anilines is 6. The molecule has 0 bridgehead atoms. The third-order valence-corrected chi connectivity index (χ3v) is 7.77. The highest BCUT2D eigenvalue weighted by atomic mass is 35.5. The molecule has 1 amide bonds. The predicted molar refractivity (Wildman–Crippen MR) is 167 cm³/mol. The average Bonchev–Trinajstić information content (AvgIpc) is 2.95. The Morgan fingerprint density at radius 2 is 1.90 bits per heavy atom. The minimum absolute atomic E-state index is 0.295. The van der Waals surface area contributed by atoms with Gasteiger partial charge in [-0.15, -0.1) is 11.8 Å². The van der Waals surface area contributed by atoms with Gasteiger partial charge in [-0.25, -0.2) is 4.98 Å². The minimum Gasteiger partial charge on any atom is -0.494 e. The van der Waals surface area contributed by atoms with E-state index in [2.05, 4.69) is 69.1 Å². The highest BCUT2D eigenvalue weighted by Crippen LogP contribution is 2.39. The Labute approximate surface area is 245 Å². The molecule has 1 fully saturated rings. The molecule has 40 heavy (non-hydrogen) atoms. The van der Waals surface area contributed by atoms with Gasteiger partial charge >= 0.3 is 0 Å². The first-order valence-corrected chi connectivity index (χ1v) is 14.5. The van der Waals surface area contributed by atoms with Crippen LogP contribution >= 0.6 is 23.4 Å². The molecule has 212 valence electrons. The van der Waals surface area contributed by atoms with Crippen molar-refractivity contribution in [3.05, 3.63) is 60.3 Å². The summed E-state index contributed by atoms with van der Waals surface area (Å²) in [4.78, 5) is 27.1. The molecule has 1 aliphatic heterocycles. The van der Waals surface area contributed by atoms with Crippen molar-refractivity contribution >= 4 is 63.8 Å². The lowest BCUT2D eigenvalue weighted by Crippen LogP contribution is -2.46. The first kappa shape index (κ1) is 29.5. The highest BCUT2D eigenvalue weighted by Gasteiger charge is 2.22. The van der Waals surface area contributed by atoms with E-state index in [0.29, 0.717) is 39.2 Å². The number of piperazine rings is 1. The summed E-state index contributed by atoms with van der Waals surface area (Å²) in [5, 5.41) is 10.4. The molecule has 1 aliphatic rings. The van der Waals surface area contributed by atoms with Gasteiger partial charge in [0.05, 0.1) is 36.1 Å². The topological polar surface area (TPSA) is 94.6 Å². The molecule has 3 aromatic rings. The molecule has 0 atom stereocenters. The summed E-state index contributed by atoms with van der Waals surface area (Å²) in [5.41, 5.74) is 3.03. The van der Waals surface area contributed by atoms with E-state index in [9.17, 15) is 4.79 Å². The second kappa shape index (κ2) is 13.7. The Balaban J connectivity index is 1.64. The van der Waals surface area contributed by atoms with Crippen molar-refractivity contribution in [1.29, 1.82) is 0 Å². The van der Waals surface area contributed by atoms with Crippen LogP contribution in [0.5, 0.6) is 5.75 Å². The Morgan fingerprint density at radius 1 is 1.15 bits per heavy atom. The molecule has 0 spiro atoms. The molecule has 0 saturated carbocycles. The first-order valence-electron chi connectivity index (χ1n) is 13.3.